The summed E-state index contributed by atoms with van der Waals surface area (Å²) in [5.41, 5.74) is 0.871. The summed E-state index contributed by atoms with van der Waals surface area (Å²) >= 11 is 1.40. The lowest BCUT2D eigenvalue weighted by Gasteiger charge is -2.14. The molecule has 5 nitrogen and oxygen atoms in total. The summed E-state index contributed by atoms with van der Waals surface area (Å²) in [5.74, 6) is 0.701. The van der Waals surface area contributed by atoms with Crippen LogP contribution in [0.15, 0.2) is 35.8 Å². The molecule has 0 saturated heterocycles. The number of carbonyl (C=O) groups is 1. The van der Waals surface area contributed by atoms with Crippen molar-refractivity contribution in [2.75, 3.05) is 17.2 Å². The molecule has 2 N–H and O–H groups in total. The van der Waals surface area contributed by atoms with Crippen LogP contribution in [0.5, 0.6) is 5.75 Å². The lowest BCUT2D eigenvalue weighted by Crippen LogP contribution is -2.31. The molecule has 1 atom stereocenters. The van der Waals surface area contributed by atoms with Gasteiger partial charge in [-0.1, -0.05) is 0 Å². The van der Waals surface area contributed by atoms with E-state index >= 15 is 0 Å². The van der Waals surface area contributed by atoms with Gasteiger partial charge in [-0.15, -0.1) is 11.3 Å². The largest absolute Gasteiger partial charge is 0.494 e. The highest BCUT2D eigenvalue weighted by Gasteiger charge is 2.13. The Morgan fingerprint density at radius 2 is 2.15 bits per heavy atom. The number of amides is 1. The van der Waals surface area contributed by atoms with Crippen LogP contribution in [0.25, 0.3) is 0 Å². The zero-order valence-electron chi connectivity index (χ0n) is 11.4. The number of hydrogen-bond acceptors (Lipinski definition) is 5. The van der Waals surface area contributed by atoms with E-state index in [0.717, 1.165) is 11.4 Å². The molecule has 0 aliphatic heterocycles. The number of rotatable bonds is 6. The highest BCUT2D eigenvalue weighted by molar-refractivity contribution is 7.13. The summed E-state index contributed by atoms with van der Waals surface area (Å²) in [6.45, 7) is 4.38. The topological polar surface area (TPSA) is 63.2 Å². The number of carbonyl (C=O) groups excluding carboxylic acids is 1. The van der Waals surface area contributed by atoms with Gasteiger partial charge >= 0.3 is 0 Å². The van der Waals surface area contributed by atoms with Crippen LogP contribution in [0.2, 0.25) is 0 Å². The Balaban J connectivity index is 1.89. The maximum absolute atomic E-state index is 12.0. The number of aromatic nitrogens is 1. The summed E-state index contributed by atoms with van der Waals surface area (Å²) in [5, 5.41) is 8.31. The maximum Gasteiger partial charge on any atom is 0.248 e. The monoisotopic (exact) mass is 291 g/mol. The average Bonchev–Trinajstić information content (AvgIpc) is 2.94. The van der Waals surface area contributed by atoms with Crippen LogP contribution in [0.4, 0.5) is 10.8 Å². The molecule has 0 unspecified atom stereocenters. The third-order valence-electron chi connectivity index (χ3n) is 2.60. The van der Waals surface area contributed by atoms with Gasteiger partial charge in [-0.2, -0.15) is 0 Å². The molecule has 0 aliphatic carbocycles. The number of hydrogen-bond donors (Lipinski definition) is 2. The molecule has 0 fully saturated rings. The first-order valence-electron chi connectivity index (χ1n) is 6.39. The summed E-state index contributed by atoms with van der Waals surface area (Å²) < 4.78 is 5.37. The number of thiazole rings is 1. The number of ether oxygens (including phenoxy) is 1. The van der Waals surface area contributed by atoms with Crippen molar-refractivity contribution in [2.45, 2.75) is 19.9 Å². The van der Waals surface area contributed by atoms with Crippen molar-refractivity contribution < 1.29 is 9.53 Å². The molecule has 0 spiro atoms. The normalized spacial score (nSPS) is 11.7. The third-order valence-corrected chi connectivity index (χ3v) is 3.29. The van der Waals surface area contributed by atoms with Gasteiger partial charge in [0.25, 0.3) is 0 Å². The van der Waals surface area contributed by atoms with E-state index in [1.807, 2.05) is 36.6 Å². The molecule has 2 rings (SSSR count). The Hall–Kier alpha value is -2.08. The third kappa shape index (κ3) is 3.96. The smallest absolute Gasteiger partial charge is 0.248 e. The molecule has 20 heavy (non-hydrogen) atoms. The fourth-order valence-corrected chi connectivity index (χ4v) is 2.16. The zero-order chi connectivity index (χ0) is 14.4. The van der Waals surface area contributed by atoms with Crippen LogP contribution in [0, 0.1) is 0 Å². The van der Waals surface area contributed by atoms with E-state index in [9.17, 15) is 4.79 Å². The predicted octanol–water partition coefficient (Wildman–Crippen LogP) is 2.98. The molecular formula is C14H17N3O2S. The first kappa shape index (κ1) is 14.3. The first-order chi connectivity index (χ1) is 9.69. The molecule has 0 aliphatic rings. The Morgan fingerprint density at radius 1 is 1.40 bits per heavy atom. The standard InChI is InChI=1S/C14H17N3O2S/c1-3-19-12-6-4-11(5-7-12)16-10(2)13(18)17-14-15-8-9-20-14/h4-10,16H,3H2,1-2H3,(H,15,17,18)/t10-/m1/s1. The number of nitrogens with zero attached hydrogens (tertiary/aromatic N) is 1. The zero-order valence-corrected chi connectivity index (χ0v) is 12.2. The van der Waals surface area contributed by atoms with Crippen LogP contribution < -0.4 is 15.4 Å². The highest BCUT2D eigenvalue weighted by atomic mass is 32.1. The van der Waals surface area contributed by atoms with E-state index < -0.39 is 0 Å². The Morgan fingerprint density at radius 3 is 2.75 bits per heavy atom. The minimum absolute atomic E-state index is 0.117. The summed E-state index contributed by atoms with van der Waals surface area (Å²) in [4.78, 5) is 16.0. The van der Waals surface area contributed by atoms with Gasteiger partial charge < -0.3 is 15.4 Å². The SMILES string of the molecule is CCOc1ccc(N[C@H](C)C(=O)Nc2nccs2)cc1. The Bertz CT molecular complexity index is 540. The molecule has 2 aromatic rings. The summed E-state index contributed by atoms with van der Waals surface area (Å²) in [6, 6.07) is 7.17. The number of nitrogens with one attached hydrogen (secondary N) is 2. The summed E-state index contributed by atoms with van der Waals surface area (Å²) in [6.07, 6.45) is 1.66. The van der Waals surface area contributed by atoms with Crippen molar-refractivity contribution in [1.29, 1.82) is 0 Å². The van der Waals surface area contributed by atoms with Gasteiger partial charge in [0, 0.05) is 17.3 Å². The number of anilines is 2. The molecule has 6 heteroatoms. The van der Waals surface area contributed by atoms with E-state index in [1.165, 1.54) is 11.3 Å². The first-order valence-corrected chi connectivity index (χ1v) is 7.26. The fourth-order valence-electron chi connectivity index (χ4n) is 1.63. The van der Waals surface area contributed by atoms with E-state index in [2.05, 4.69) is 15.6 Å². The van der Waals surface area contributed by atoms with Gasteiger partial charge in [-0.3, -0.25) is 4.79 Å². The molecular weight excluding hydrogens is 274 g/mol. The second kappa shape index (κ2) is 6.91. The van der Waals surface area contributed by atoms with E-state index in [-0.39, 0.29) is 11.9 Å². The minimum atomic E-state index is -0.350. The molecule has 1 amide bonds. The second-order valence-corrected chi connectivity index (χ2v) is 5.04. The highest BCUT2D eigenvalue weighted by Crippen LogP contribution is 2.17. The van der Waals surface area contributed by atoms with E-state index in [1.54, 1.807) is 13.1 Å². The number of benzene rings is 1. The van der Waals surface area contributed by atoms with Crippen LogP contribution in [-0.2, 0) is 4.79 Å². The molecule has 106 valence electrons. The second-order valence-electron chi connectivity index (χ2n) is 4.15. The Labute approximate surface area is 122 Å². The van der Waals surface area contributed by atoms with Gasteiger partial charge in [0.1, 0.15) is 11.8 Å². The van der Waals surface area contributed by atoms with Crippen LogP contribution in [-0.4, -0.2) is 23.5 Å². The lowest BCUT2D eigenvalue weighted by molar-refractivity contribution is -0.116. The quantitative estimate of drug-likeness (QED) is 0.859. The van der Waals surface area contributed by atoms with Crippen LogP contribution >= 0.6 is 11.3 Å². The van der Waals surface area contributed by atoms with Crippen molar-refractivity contribution in [3.63, 3.8) is 0 Å². The van der Waals surface area contributed by atoms with Gasteiger partial charge in [0.15, 0.2) is 5.13 Å². The van der Waals surface area contributed by atoms with Gasteiger partial charge in [0.2, 0.25) is 5.91 Å². The molecule has 0 bridgehead atoms. The van der Waals surface area contributed by atoms with Crippen molar-refractivity contribution in [1.82, 2.24) is 4.98 Å². The minimum Gasteiger partial charge on any atom is -0.494 e. The molecule has 1 aromatic carbocycles. The van der Waals surface area contributed by atoms with E-state index in [0.29, 0.717) is 11.7 Å². The average molecular weight is 291 g/mol. The molecule has 1 heterocycles. The summed E-state index contributed by atoms with van der Waals surface area (Å²) in [7, 11) is 0. The fraction of sp³-hybridized carbons (Fsp3) is 0.286. The molecule has 1 aromatic heterocycles. The van der Waals surface area contributed by atoms with Gasteiger partial charge in [-0.25, -0.2) is 4.98 Å². The Kier molecular flexibility index (Phi) is 4.95. The van der Waals surface area contributed by atoms with Gasteiger partial charge in [-0.05, 0) is 38.1 Å². The van der Waals surface area contributed by atoms with Gasteiger partial charge in [0.05, 0.1) is 6.61 Å². The van der Waals surface area contributed by atoms with Crippen LogP contribution in [0.1, 0.15) is 13.8 Å². The molecule has 0 radical (unpaired) electrons. The molecule has 0 saturated carbocycles. The van der Waals surface area contributed by atoms with Crippen LogP contribution in [0.3, 0.4) is 0 Å². The predicted molar refractivity (Wildman–Crippen MR) is 81.4 cm³/mol. The lowest BCUT2D eigenvalue weighted by atomic mass is 10.2. The van der Waals surface area contributed by atoms with Crippen molar-refractivity contribution in [3.8, 4) is 5.75 Å². The van der Waals surface area contributed by atoms with Crippen molar-refractivity contribution in [2.24, 2.45) is 0 Å². The van der Waals surface area contributed by atoms with Crippen molar-refractivity contribution in [3.05, 3.63) is 35.8 Å². The maximum atomic E-state index is 12.0. The van der Waals surface area contributed by atoms with Crippen molar-refractivity contribution >= 4 is 28.1 Å². The van der Waals surface area contributed by atoms with E-state index in [4.69, 9.17) is 4.74 Å².